The van der Waals surface area contributed by atoms with Crippen molar-refractivity contribution in [2.45, 2.75) is 10.9 Å². The SMILES string of the molecule is c1ccc(CSc2ncc(N3CCOCC3)n2-c2ccccc2)cc1. The Kier molecular flexibility index (Phi) is 5.04. The zero-order chi connectivity index (χ0) is 16.9. The lowest BCUT2D eigenvalue weighted by Gasteiger charge is -2.29. The number of hydrogen-bond acceptors (Lipinski definition) is 4. The summed E-state index contributed by atoms with van der Waals surface area (Å²) in [6, 6.07) is 21.0. The summed E-state index contributed by atoms with van der Waals surface area (Å²) in [5.41, 5.74) is 2.46. The first kappa shape index (κ1) is 16.2. The summed E-state index contributed by atoms with van der Waals surface area (Å²) < 4.78 is 7.77. The van der Waals surface area contributed by atoms with Crippen molar-refractivity contribution in [2.75, 3.05) is 31.2 Å². The molecule has 0 saturated carbocycles. The van der Waals surface area contributed by atoms with E-state index in [0.29, 0.717) is 0 Å². The highest BCUT2D eigenvalue weighted by molar-refractivity contribution is 7.98. The van der Waals surface area contributed by atoms with E-state index in [1.807, 2.05) is 12.3 Å². The van der Waals surface area contributed by atoms with Crippen molar-refractivity contribution in [1.82, 2.24) is 9.55 Å². The van der Waals surface area contributed by atoms with Crippen molar-refractivity contribution in [3.8, 4) is 5.69 Å². The van der Waals surface area contributed by atoms with E-state index in [9.17, 15) is 0 Å². The minimum absolute atomic E-state index is 0.770. The van der Waals surface area contributed by atoms with Gasteiger partial charge in [-0.1, -0.05) is 60.3 Å². The Morgan fingerprint density at radius 1 is 0.920 bits per heavy atom. The molecule has 1 fully saturated rings. The number of anilines is 1. The van der Waals surface area contributed by atoms with Crippen LogP contribution in [0.3, 0.4) is 0 Å². The minimum atomic E-state index is 0.770. The molecule has 0 amide bonds. The van der Waals surface area contributed by atoms with E-state index in [1.54, 1.807) is 11.8 Å². The van der Waals surface area contributed by atoms with Crippen LogP contribution in [0.1, 0.15) is 5.56 Å². The van der Waals surface area contributed by atoms with Gasteiger partial charge in [-0.05, 0) is 17.7 Å². The van der Waals surface area contributed by atoms with E-state index in [0.717, 1.165) is 48.7 Å². The molecule has 0 N–H and O–H groups in total. The summed E-state index contributed by atoms with van der Waals surface area (Å²) in [5.74, 6) is 2.05. The molecule has 4 rings (SSSR count). The molecule has 0 bridgehead atoms. The molecule has 2 aromatic carbocycles. The summed E-state index contributed by atoms with van der Waals surface area (Å²) in [6.45, 7) is 3.35. The average molecular weight is 351 g/mol. The highest BCUT2D eigenvalue weighted by Gasteiger charge is 2.19. The van der Waals surface area contributed by atoms with Crippen molar-refractivity contribution < 1.29 is 4.74 Å². The third-order valence-corrected chi connectivity index (χ3v) is 5.29. The fourth-order valence-corrected chi connectivity index (χ4v) is 3.93. The molecule has 1 aliphatic heterocycles. The Bertz CT molecular complexity index is 798. The quantitative estimate of drug-likeness (QED) is 0.650. The van der Waals surface area contributed by atoms with Gasteiger partial charge in [0.2, 0.25) is 0 Å². The van der Waals surface area contributed by atoms with Crippen LogP contribution in [-0.4, -0.2) is 35.9 Å². The second kappa shape index (κ2) is 7.76. The van der Waals surface area contributed by atoms with Gasteiger partial charge in [-0.25, -0.2) is 4.98 Å². The van der Waals surface area contributed by atoms with Gasteiger partial charge in [-0.2, -0.15) is 0 Å². The third-order valence-electron chi connectivity index (χ3n) is 4.27. The molecule has 1 aliphatic rings. The van der Waals surface area contributed by atoms with Gasteiger partial charge in [0.1, 0.15) is 5.82 Å². The summed E-state index contributed by atoms with van der Waals surface area (Å²) >= 11 is 1.77. The van der Waals surface area contributed by atoms with Crippen LogP contribution >= 0.6 is 11.8 Å². The first-order valence-electron chi connectivity index (χ1n) is 8.54. The van der Waals surface area contributed by atoms with E-state index in [2.05, 4.69) is 64.1 Å². The predicted octanol–water partition coefficient (Wildman–Crippen LogP) is 4.00. The molecule has 128 valence electrons. The third kappa shape index (κ3) is 3.72. The zero-order valence-electron chi connectivity index (χ0n) is 14.0. The lowest BCUT2D eigenvalue weighted by molar-refractivity contribution is 0.122. The second-order valence-electron chi connectivity index (χ2n) is 5.94. The summed E-state index contributed by atoms with van der Waals surface area (Å²) in [7, 11) is 0. The average Bonchev–Trinajstić information content (AvgIpc) is 3.12. The molecule has 0 unspecified atom stereocenters. The van der Waals surface area contributed by atoms with Crippen molar-refractivity contribution in [1.29, 1.82) is 0 Å². The van der Waals surface area contributed by atoms with Gasteiger partial charge >= 0.3 is 0 Å². The smallest absolute Gasteiger partial charge is 0.174 e. The molecular weight excluding hydrogens is 330 g/mol. The van der Waals surface area contributed by atoms with Crippen LogP contribution < -0.4 is 4.90 Å². The van der Waals surface area contributed by atoms with Gasteiger partial charge in [0.15, 0.2) is 5.16 Å². The zero-order valence-corrected chi connectivity index (χ0v) is 14.9. The first-order chi connectivity index (χ1) is 12.4. The second-order valence-corrected chi connectivity index (χ2v) is 6.89. The fourth-order valence-electron chi connectivity index (χ4n) is 2.99. The van der Waals surface area contributed by atoms with Gasteiger partial charge in [-0.15, -0.1) is 0 Å². The number of thioether (sulfide) groups is 1. The van der Waals surface area contributed by atoms with Crippen LogP contribution in [-0.2, 0) is 10.5 Å². The lowest BCUT2D eigenvalue weighted by Crippen LogP contribution is -2.37. The predicted molar refractivity (Wildman–Crippen MR) is 103 cm³/mol. The number of hydrogen-bond donors (Lipinski definition) is 0. The van der Waals surface area contributed by atoms with Crippen LogP contribution in [0.2, 0.25) is 0 Å². The van der Waals surface area contributed by atoms with E-state index >= 15 is 0 Å². The Morgan fingerprint density at radius 2 is 1.60 bits per heavy atom. The minimum Gasteiger partial charge on any atom is -0.378 e. The largest absolute Gasteiger partial charge is 0.378 e. The van der Waals surface area contributed by atoms with Crippen molar-refractivity contribution in [2.24, 2.45) is 0 Å². The summed E-state index contributed by atoms with van der Waals surface area (Å²) in [4.78, 5) is 7.08. The van der Waals surface area contributed by atoms with Crippen LogP contribution in [0.5, 0.6) is 0 Å². The molecule has 2 heterocycles. The Labute approximate surface area is 152 Å². The molecule has 0 atom stereocenters. The molecule has 5 heteroatoms. The van der Waals surface area contributed by atoms with Crippen LogP contribution in [0.4, 0.5) is 5.82 Å². The maximum atomic E-state index is 5.50. The van der Waals surface area contributed by atoms with E-state index in [-0.39, 0.29) is 0 Å². The van der Waals surface area contributed by atoms with Crippen molar-refractivity contribution >= 4 is 17.6 Å². The molecule has 4 nitrogen and oxygen atoms in total. The molecule has 25 heavy (non-hydrogen) atoms. The molecule has 1 saturated heterocycles. The Hall–Kier alpha value is -2.24. The maximum absolute atomic E-state index is 5.50. The topological polar surface area (TPSA) is 30.3 Å². The molecular formula is C20H21N3OS. The lowest BCUT2D eigenvalue weighted by atomic mass is 10.2. The van der Waals surface area contributed by atoms with Gasteiger partial charge < -0.3 is 9.64 Å². The number of morpholine rings is 1. The van der Waals surface area contributed by atoms with Crippen LogP contribution in [0.15, 0.2) is 72.0 Å². The summed E-state index contributed by atoms with van der Waals surface area (Å²) in [6.07, 6.45) is 1.99. The number of para-hydroxylation sites is 1. The molecule has 1 aromatic heterocycles. The maximum Gasteiger partial charge on any atom is 0.174 e. The summed E-state index contributed by atoms with van der Waals surface area (Å²) in [5, 5.41) is 1.02. The normalized spacial score (nSPS) is 14.6. The monoisotopic (exact) mass is 351 g/mol. The van der Waals surface area contributed by atoms with Crippen molar-refractivity contribution in [3.63, 3.8) is 0 Å². The van der Waals surface area contributed by atoms with Crippen LogP contribution in [0.25, 0.3) is 5.69 Å². The van der Waals surface area contributed by atoms with E-state index < -0.39 is 0 Å². The van der Waals surface area contributed by atoms with Gasteiger partial charge in [0, 0.05) is 24.5 Å². The molecule has 3 aromatic rings. The molecule has 0 spiro atoms. The first-order valence-corrected chi connectivity index (χ1v) is 9.53. The highest BCUT2D eigenvalue weighted by Crippen LogP contribution is 2.30. The van der Waals surface area contributed by atoms with Gasteiger partial charge in [-0.3, -0.25) is 4.57 Å². The number of ether oxygens (including phenoxy) is 1. The fraction of sp³-hybridized carbons (Fsp3) is 0.250. The number of imidazole rings is 1. The number of rotatable bonds is 5. The molecule has 0 aliphatic carbocycles. The van der Waals surface area contributed by atoms with E-state index in [4.69, 9.17) is 9.72 Å². The Morgan fingerprint density at radius 3 is 2.32 bits per heavy atom. The highest BCUT2D eigenvalue weighted by atomic mass is 32.2. The van der Waals surface area contributed by atoms with Gasteiger partial charge in [0.25, 0.3) is 0 Å². The number of nitrogens with zero attached hydrogens (tertiary/aromatic N) is 3. The van der Waals surface area contributed by atoms with Gasteiger partial charge in [0.05, 0.1) is 19.4 Å². The molecule has 0 radical (unpaired) electrons. The standard InChI is InChI=1S/C20H21N3OS/c1-3-7-17(8-4-1)16-25-20-21-15-19(22-11-13-24-14-12-22)23(20)18-9-5-2-6-10-18/h1-10,15H,11-14,16H2. The van der Waals surface area contributed by atoms with Crippen molar-refractivity contribution in [3.05, 3.63) is 72.4 Å². The Balaban J connectivity index is 1.65. The number of benzene rings is 2. The number of aromatic nitrogens is 2. The van der Waals surface area contributed by atoms with Crippen LogP contribution in [0, 0.1) is 0 Å². The van der Waals surface area contributed by atoms with E-state index in [1.165, 1.54) is 5.56 Å².